The fraction of sp³-hybridized carbons (Fsp3) is 0.444. The van der Waals surface area contributed by atoms with Crippen LogP contribution in [0.2, 0.25) is 10.0 Å². The number of likely N-dealkylation sites (tertiary alicyclic amines) is 1. The number of carbonyl (C=O) groups excluding carboxylic acids is 1. The normalized spacial score (nSPS) is 24.2. The van der Waals surface area contributed by atoms with Gasteiger partial charge in [-0.2, -0.15) is 4.65 Å². The average molecular weight is 545 g/mol. The van der Waals surface area contributed by atoms with Crippen LogP contribution in [0.25, 0.3) is 5.69 Å². The highest BCUT2D eigenvalue weighted by Crippen LogP contribution is 2.40. The molecule has 1 aromatic heterocycles. The number of unbranched alkanes of at least 4 members (excludes halogenated alkanes) is 1. The van der Waals surface area contributed by atoms with E-state index in [1.807, 2.05) is 58.2 Å². The van der Waals surface area contributed by atoms with Crippen LogP contribution in [0.1, 0.15) is 49.4 Å². The molecule has 0 bridgehead atoms. The molecule has 0 saturated carbocycles. The van der Waals surface area contributed by atoms with Gasteiger partial charge in [0.25, 0.3) is 0 Å². The number of aryl methyl sites for hydroxylation is 1. The largest absolute Gasteiger partial charge is 0.338 e. The molecule has 2 N–H and O–H groups in total. The van der Waals surface area contributed by atoms with Crippen molar-refractivity contribution in [1.29, 1.82) is 0 Å². The van der Waals surface area contributed by atoms with Gasteiger partial charge < -0.3 is 10.2 Å². The molecule has 8 nitrogen and oxygen atoms in total. The summed E-state index contributed by atoms with van der Waals surface area (Å²) in [6.45, 7) is 2.65. The number of nitrogens with zero attached hydrogens (tertiary/aromatic N) is 5. The number of aromatic nitrogens is 3. The van der Waals surface area contributed by atoms with Crippen LogP contribution in [-0.4, -0.2) is 68.0 Å². The highest BCUT2D eigenvalue weighted by molar-refractivity contribution is 6.42. The smallest absolute Gasteiger partial charge is 0.317 e. The van der Waals surface area contributed by atoms with E-state index in [0.29, 0.717) is 29.6 Å². The number of nitrogens with one attached hydrogen (secondary N) is 1. The lowest BCUT2D eigenvalue weighted by Crippen LogP contribution is -2.59. The third kappa shape index (κ3) is 5.77. The fourth-order valence-corrected chi connectivity index (χ4v) is 5.99. The topological polar surface area (TPSA) is 83.3 Å². The van der Waals surface area contributed by atoms with Crippen molar-refractivity contribution in [2.75, 3.05) is 26.2 Å². The monoisotopic (exact) mass is 543 g/mol. The third-order valence-electron chi connectivity index (χ3n) is 7.66. The number of benzene rings is 2. The first-order valence-electron chi connectivity index (χ1n) is 13.0. The SMILES string of the molecule is O=C1NCCCN1C1CC[N@@+](O)(CCCCc2cnnn2-c2ccccc2)[C@H](c2ccc(Cl)c(Cl)c2)C1. The Kier molecular flexibility index (Phi) is 8.00. The maximum Gasteiger partial charge on any atom is 0.317 e. The molecule has 2 aromatic carbocycles. The van der Waals surface area contributed by atoms with E-state index in [1.54, 1.807) is 6.07 Å². The zero-order valence-corrected chi connectivity index (χ0v) is 22.3. The van der Waals surface area contributed by atoms with Crippen LogP contribution in [0.15, 0.2) is 54.7 Å². The minimum atomic E-state index is -0.195. The first kappa shape index (κ1) is 26.0. The second-order valence-electron chi connectivity index (χ2n) is 10.0. The average Bonchev–Trinajstić information content (AvgIpc) is 3.38. The lowest BCUT2D eigenvalue weighted by Gasteiger charge is -2.47. The van der Waals surface area contributed by atoms with Gasteiger partial charge in [0.05, 0.1) is 27.6 Å². The summed E-state index contributed by atoms with van der Waals surface area (Å²) in [5.41, 5.74) is 2.99. The minimum Gasteiger partial charge on any atom is -0.338 e. The van der Waals surface area contributed by atoms with Gasteiger partial charge in [-0.25, -0.2) is 14.7 Å². The predicted molar refractivity (Wildman–Crippen MR) is 143 cm³/mol. The van der Waals surface area contributed by atoms with Crippen LogP contribution >= 0.6 is 23.2 Å². The van der Waals surface area contributed by atoms with E-state index in [2.05, 4.69) is 15.6 Å². The Bertz CT molecular complexity index is 1220. The first-order chi connectivity index (χ1) is 17.9. The van der Waals surface area contributed by atoms with E-state index in [9.17, 15) is 10.0 Å². The quantitative estimate of drug-likeness (QED) is 0.293. The number of hydroxylamine groups is 3. The molecule has 2 saturated heterocycles. The third-order valence-corrected chi connectivity index (χ3v) is 8.40. The molecule has 2 aliphatic rings. The molecule has 2 aliphatic heterocycles. The summed E-state index contributed by atoms with van der Waals surface area (Å²) >= 11 is 12.6. The molecule has 37 heavy (non-hydrogen) atoms. The van der Waals surface area contributed by atoms with Gasteiger partial charge in [-0.1, -0.05) is 52.7 Å². The Morgan fingerprint density at radius 3 is 2.73 bits per heavy atom. The predicted octanol–water partition coefficient (Wildman–Crippen LogP) is 5.42. The number of rotatable bonds is 8. The highest BCUT2D eigenvalue weighted by Gasteiger charge is 2.46. The first-order valence-corrected chi connectivity index (χ1v) is 13.7. The van der Waals surface area contributed by atoms with Gasteiger partial charge in [-0.05, 0) is 49.9 Å². The van der Waals surface area contributed by atoms with E-state index < -0.39 is 0 Å². The molecule has 1 unspecified atom stereocenters. The van der Waals surface area contributed by atoms with Gasteiger partial charge in [0, 0.05) is 37.5 Å². The Balaban J connectivity index is 1.28. The second kappa shape index (κ2) is 11.4. The van der Waals surface area contributed by atoms with Crippen molar-refractivity contribution in [3.63, 3.8) is 0 Å². The number of piperidine rings is 1. The minimum absolute atomic E-state index is 0.00860. The summed E-state index contributed by atoms with van der Waals surface area (Å²) in [6.07, 6.45) is 6.72. The van der Waals surface area contributed by atoms with E-state index in [4.69, 9.17) is 23.2 Å². The number of halogens is 2. The number of hydrogen-bond acceptors (Lipinski definition) is 4. The molecule has 3 atom stereocenters. The summed E-state index contributed by atoms with van der Waals surface area (Å²) in [5.74, 6) is 0. The standard InChI is InChI=1S/C27H32Cl2N6O2/c28-24-11-10-20(17-25(24)29)26-18-22(33-14-6-13-30-27(33)36)12-16-35(26,37)15-5-4-9-23-19-31-32-34(23)21-7-2-1-3-8-21/h1-3,7-8,10-11,17,19,22,26,37H,4-6,9,12-16,18H2/p+1/t22?,26-,35-/m0/s1. The van der Waals surface area contributed by atoms with Crippen molar-refractivity contribution in [2.45, 2.75) is 50.6 Å². The molecule has 196 valence electrons. The van der Waals surface area contributed by atoms with E-state index in [0.717, 1.165) is 62.1 Å². The van der Waals surface area contributed by atoms with E-state index >= 15 is 0 Å². The van der Waals surface area contributed by atoms with Crippen molar-refractivity contribution in [3.05, 3.63) is 76.0 Å². The van der Waals surface area contributed by atoms with Gasteiger partial charge in [0.1, 0.15) is 19.1 Å². The summed E-state index contributed by atoms with van der Waals surface area (Å²) in [6, 6.07) is 15.5. The number of quaternary nitrogens is 1. The van der Waals surface area contributed by atoms with Crippen molar-refractivity contribution >= 4 is 29.2 Å². The van der Waals surface area contributed by atoms with Crippen molar-refractivity contribution in [2.24, 2.45) is 0 Å². The highest BCUT2D eigenvalue weighted by atomic mass is 35.5. The van der Waals surface area contributed by atoms with Gasteiger partial charge in [-0.3, -0.25) is 0 Å². The van der Waals surface area contributed by atoms with Crippen molar-refractivity contribution in [3.8, 4) is 5.69 Å². The molecular weight excluding hydrogens is 511 g/mol. The molecular formula is C27H33Cl2N6O2+. The molecule has 2 amide bonds. The number of carbonyl (C=O) groups is 1. The maximum atomic E-state index is 12.5. The van der Waals surface area contributed by atoms with Crippen LogP contribution in [-0.2, 0) is 6.42 Å². The van der Waals surface area contributed by atoms with Crippen LogP contribution in [0.5, 0.6) is 0 Å². The zero-order chi connectivity index (χ0) is 25.8. The Morgan fingerprint density at radius 1 is 1.11 bits per heavy atom. The van der Waals surface area contributed by atoms with Crippen LogP contribution < -0.4 is 5.32 Å². The lowest BCUT2D eigenvalue weighted by atomic mass is 9.89. The molecule has 0 radical (unpaired) electrons. The molecule has 0 spiro atoms. The van der Waals surface area contributed by atoms with E-state index in [1.165, 1.54) is 0 Å². The zero-order valence-electron chi connectivity index (χ0n) is 20.8. The molecule has 10 heteroatoms. The Morgan fingerprint density at radius 2 is 1.95 bits per heavy atom. The Hall–Kier alpha value is -2.65. The number of amides is 2. The molecule has 0 aliphatic carbocycles. The number of urea groups is 1. The van der Waals surface area contributed by atoms with Crippen LogP contribution in [0, 0.1) is 0 Å². The van der Waals surface area contributed by atoms with Crippen LogP contribution in [0.4, 0.5) is 4.79 Å². The summed E-state index contributed by atoms with van der Waals surface area (Å²) in [5, 5.41) is 24.2. The van der Waals surface area contributed by atoms with Gasteiger partial charge in [0.15, 0.2) is 0 Å². The molecule has 3 aromatic rings. The maximum absolute atomic E-state index is 12.5. The van der Waals surface area contributed by atoms with E-state index in [-0.39, 0.29) is 22.8 Å². The molecule has 3 heterocycles. The van der Waals surface area contributed by atoms with Gasteiger partial charge >= 0.3 is 6.03 Å². The molecule has 5 rings (SSSR count). The van der Waals surface area contributed by atoms with Crippen molar-refractivity contribution in [1.82, 2.24) is 25.2 Å². The number of hydrogen-bond donors (Lipinski definition) is 2. The second-order valence-corrected chi connectivity index (χ2v) is 10.8. The molecule has 2 fully saturated rings. The summed E-state index contributed by atoms with van der Waals surface area (Å²) in [7, 11) is 0. The Labute approximate surface area is 227 Å². The van der Waals surface area contributed by atoms with Gasteiger partial charge in [0.2, 0.25) is 0 Å². The number of para-hydroxylation sites is 1. The van der Waals surface area contributed by atoms with Crippen molar-refractivity contribution < 1.29 is 14.6 Å². The summed E-state index contributed by atoms with van der Waals surface area (Å²) < 4.78 is 1.80. The summed E-state index contributed by atoms with van der Waals surface area (Å²) in [4.78, 5) is 14.5. The van der Waals surface area contributed by atoms with Gasteiger partial charge in [-0.15, -0.1) is 5.10 Å². The van der Waals surface area contributed by atoms with Crippen LogP contribution in [0.3, 0.4) is 0 Å². The fourth-order valence-electron chi connectivity index (χ4n) is 5.69. The lowest BCUT2D eigenvalue weighted by molar-refractivity contribution is -1.13.